The maximum atomic E-state index is 5.80. The fourth-order valence-corrected chi connectivity index (χ4v) is 1.80. The van der Waals surface area contributed by atoms with E-state index in [0.29, 0.717) is 12.4 Å². The molecule has 0 aliphatic heterocycles. The number of hydrazine groups is 1. The largest absolute Gasteiger partial charge is 0.493 e. The highest BCUT2D eigenvalue weighted by Gasteiger charge is 2.24. The average Bonchev–Trinajstić information content (AvgIpc) is 2.72. The molecular weight excluding hydrogens is 244 g/mol. The number of hydrogen-bond acceptors (Lipinski definition) is 5. The highest BCUT2D eigenvalue weighted by molar-refractivity contribution is 5.28. The molecule has 0 saturated heterocycles. The van der Waals surface area contributed by atoms with E-state index in [1.165, 1.54) is 0 Å². The van der Waals surface area contributed by atoms with Crippen LogP contribution in [-0.2, 0) is 4.74 Å². The van der Waals surface area contributed by atoms with Gasteiger partial charge < -0.3 is 9.47 Å². The van der Waals surface area contributed by atoms with Crippen LogP contribution in [0.4, 0.5) is 0 Å². The van der Waals surface area contributed by atoms with Gasteiger partial charge in [-0.25, -0.2) is 5.43 Å². The van der Waals surface area contributed by atoms with Gasteiger partial charge in [0, 0.05) is 6.04 Å². The minimum atomic E-state index is -0.217. The van der Waals surface area contributed by atoms with Crippen LogP contribution in [0.2, 0.25) is 0 Å². The fraction of sp³-hybridized carbons (Fsp3) is 0.769. The van der Waals surface area contributed by atoms with Gasteiger partial charge in [0.25, 0.3) is 0 Å². The number of rotatable bonds is 6. The third-order valence-corrected chi connectivity index (χ3v) is 2.72. The van der Waals surface area contributed by atoms with E-state index in [1.807, 2.05) is 25.5 Å². The third-order valence-electron chi connectivity index (χ3n) is 2.72. The van der Waals surface area contributed by atoms with E-state index in [4.69, 9.17) is 15.3 Å². The molecule has 1 heterocycles. The molecule has 0 amide bonds. The van der Waals surface area contributed by atoms with Crippen molar-refractivity contribution in [1.29, 1.82) is 0 Å². The maximum Gasteiger partial charge on any atom is 0.161 e. The van der Waals surface area contributed by atoms with Crippen LogP contribution in [0.25, 0.3) is 0 Å². The summed E-state index contributed by atoms with van der Waals surface area (Å²) in [5, 5.41) is 4.34. The number of aromatic nitrogens is 2. The monoisotopic (exact) mass is 270 g/mol. The zero-order chi connectivity index (χ0) is 14.6. The van der Waals surface area contributed by atoms with Crippen molar-refractivity contribution >= 4 is 0 Å². The summed E-state index contributed by atoms with van der Waals surface area (Å²) >= 11 is 0. The Balaban J connectivity index is 2.99. The van der Waals surface area contributed by atoms with Crippen LogP contribution in [0.1, 0.15) is 52.4 Å². The second kappa shape index (κ2) is 6.36. The van der Waals surface area contributed by atoms with Gasteiger partial charge in [-0.1, -0.05) is 0 Å². The zero-order valence-corrected chi connectivity index (χ0v) is 12.7. The normalized spacial score (nSPS) is 13.9. The van der Waals surface area contributed by atoms with E-state index in [-0.39, 0.29) is 17.7 Å². The molecular formula is C13H26N4O2. The van der Waals surface area contributed by atoms with Gasteiger partial charge in [-0.3, -0.25) is 10.5 Å². The summed E-state index contributed by atoms with van der Waals surface area (Å²) in [6.07, 6.45) is 1.71. The summed E-state index contributed by atoms with van der Waals surface area (Å²) in [5.41, 5.74) is 3.47. The summed E-state index contributed by atoms with van der Waals surface area (Å²) < 4.78 is 13.1. The number of hydrogen-bond donors (Lipinski definition) is 2. The van der Waals surface area contributed by atoms with Crippen molar-refractivity contribution < 1.29 is 9.47 Å². The number of nitrogens with two attached hydrogens (primary N) is 1. The molecule has 110 valence electrons. The van der Waals surface area contributed by atoms with Crippen LogP contribution in [0.3, 0.4) is 0 Å². The lowest BCUT2D eigenvalue weighted by Gasteiger charge is -2.25. The fourth-order valence-electron chi connectivity index (χ4n) is 1.80. The Morgan fingerprint density at radius 1 is 1.42 bits per heavy atom. The molecule has 1 rings (SSSR count). The van der Waals surface area contributed by atoms with Gasteiger partial charge >= 0.3 is 0 Å². The van der Waals surface area contributed by atoms with Gasteiger partial charge in [0.2, 0.25) is 0 Å². The van der Waals surface area contributed by atoms with Crippen LogP contribution in [-0.4, -0.2) is 29.1 Å². The minimum Gasteiger partial charge on any atom is -0.493 e. The predicted molar refractivity (Wildman–Crippen MR) is 74.9 cm³/mol. The van der Waals surface area contributed by atoms with Gasteiger partial charge in [-0.05, 0) is 34.6 Å². The quantitative estimate of drug-likeness (QED) is 0.609. The molecule has 1 atom stereocenters. The molecule has 19 heavy (non-hydrogen) atoms. The Hall–Kier alpha value is -1.11. The lowest BCUT2D eigenvalue weighted by Crippen LogP contribution is -2.36. The molecule has 3 N–H and O–H groups in total. The molecule has 6 heteroatoms. The maximum absolute atomic E-state index is 5.80. The smallest absolute Gasteiger partial charge is 0.161 e. The van der Waals surface area contributed by atoms with Crippen molar-refractivity contribution in [1.82, 2.24) is 15.2 Å². The second-order valence-electron chi connectivity index (χ2n) is 5.78. The molecule has 6 nitrogen and oxygen atoms in total. The van der Waals surface area contributed by atoms with Crippen LogP contribution >= 0.6 is 0 Å². The van der Waals surface area contributed by atoms with E-state index in [9.17, 15) is 0 Å². The van der Waals surface area contributed by atoms with Crippen LogP contribution in [0.15, 0.2) is 6.20 Å². The Bertz CT molecular complexity index is 396. The molecule has 1 unspecified atom stereocenters. The van der Waals surface area contributed by atoms with E-state index in [2.05, 4.69) is 24.4 Å². The first-order valence-electron chi connectivity index (χ1n) is 6.51. The number of nitrogens with zero attached hydrogens (tertiary/aromatic N) is 2. The Morgan fingerprint density at radius 3 is 2.47 bits per heavy atom. The Morgan fingerprint density at radius 2 is 2.05 bits per heavy atom. The first kappa shape index (κ1) is 15.9. The van der Waals surface area contributed by atoms with Gasteiger partial charge in [0.15, 0.2) is 5.75 Å². The number of ether oxygens (including phenoxy) is 2. The van der Waals surface area contributed by atoms with Crippen LogP contribution < -0.4 is 16.0 Å². The van der Waals surface area contributed by atoms with Crippen molar-refractivity contribution in [3.8, 4) is 5.75 Å². The highest BCUT2D eigenvalue weighted by atomic mass is 16.5. The van der Waals surface area contributed by atoms with E-state index in [1.54, 1.807) is 13.3 Å². The lowest BCUT2D eigenvalue weighted by molar-refractivity contribution is -0.0162. The Kier molecular flexibility index (Phi) is 5.34. The Labute approximate surface area is 115 Å². The third kappa shape index (κ3) is 4.19. The lowest BCUT2D eigenvalue weighted by atomic mass is 10.1. The minimum absolute atomic E-state index is 0.168. The molecule has 1 aromatic heterocycles. The average molecular weight is 270 g/mol. The van der Waals surface area contributed by atoms with Crippen molar-refractivity contribution in [2.75, 3.05) is 13.7 Å². The molecule has 0 saturated carbocycles. The van der Waals surface area contributed by atoms with E-state index < -0.39 is 0 Å². The van der Waals surface area contributed by atoms with E-state index >= 15 is 0 Å². The summed E-state index contributed by atoms with van der Waals surface area (Å²) in [4.78, 5) is 0. The topological polar surface area (TPSA) is 74.3 Å². The summed E-state index contributed by atoms with van der Waals surface area (Å²) in [5.74, 6) is 6.38. The highest BCUT2D eigenvalue weighted by Crippen LogP contribution is 2.28. The summed E-state index contributed by atoms with van der Waals surface area (Å²) in [6.45, 7) is 10.6. The molecule has 0 aliphatic rings. The van der Waals surface area contributed by atoms with Crippen molar-refractivity contribution in [2.24, 2.45) is 5.84 Å². The SMILES string of the molecule is COc1cnn(C(C)C)c1C(COC(C)(C)C)NN. The molecule has 1 aromatic rings. The van der Waals surface area contributed by atoms with Crippen LogP contribution in [0, 0.1) is 0 Å². The molecule has 0 bridgehead atoms. The predicted octanol–water partition coefficient (Wildman–Crippen LogP) is 1.79. The van der Waals surface area contributed by atoms with Crippen molar-refractivity contribution in [3.05, 3.63) is 11.9 Å². The summed E-state index contributed by atoms with van der Waals surface area (Å²) in [7, 11) is 1.63. The van der Waals surface area contributed by atoms with Gasteiger partial charge in [0.05, 0.1) is 31.6 Å². The molecule has 0 aromatic carbocycles. The van der Waals surface area contributed by atoms with Crippen LogP contribution in [0.5, 0.6) is 5.75 Å². The number of nitrogens with one attached hydrogen (secondary N) is 1. The van der Waals surface area contributed by atoms with Crippen molar-refractivity contribution in [3.63, 3.8) is 0 Å². The molecule has 0 radical (unpaired) electrons. The first-order valence-corrected chi connectivity index (χ1v) is 6.51. The molecule has 0 fully saturated rings. The van der Waals surface area contributed by atoms with Gasteiger partial charge in [-0.15, -0.1) is 0 Å². The summed E-state index contributed by atoms with van der Waals surface area (Å²) in [6, 6.07) is 0.0588. The first-order chi connectivity index (χ1) is 8.80. The van der Waals surface area contributed by atoms with Crippen molar-refractivity contribution in [2.45, 2.75) is 52.3 Å². The molecule has 0 aliphatic carbocycles. The number of methoxy groups -OCH3 is 1. The standard InChI is InChI=1S/C13H26N4O2/c1-9(2)17-12(11(18-6)7-15-17)10(16-14)8-19-13(3,4)5/h7,9-10,16H,8,14H2,1-6H3. The molecule has 0 spiro atoms. The van der Waals surface area contributed by atoms with Gasteiger partial charge in [-0.2, -0.15) is 5.10 Å². The zero-order valence-electron chi connectivity index (χ0n) is 12.7. The van der Waals surface area contributed by atoms with E-state index in [0.717, 1.165) is 5.69 Å². The second-order valence-corrected chi connectivity index (χ2v) is 5.78. The van der Waals surface area contributed by atoms with Gasteiger partial charge in [0.1, 0.15) is 5.69 Å².